The molecule has 0 spiro atoms. The Labute approximate surface area is 124 Å². The number of hydrogen-bond acceptors (Lipinski definition) is 3. The monoisotopic (exact) mass is 334 g/mol. The van der Waals surface area contributed by atoms with Crippen LogP contribution in [0.4, 0.5) is 5.69 Å². The summed E-state index contributed by atoms with van der Waals surface area (Å²) in [6, 6.07) is 9.20. The molecule has 0 fully saturated rings. The van der Waals surface area contributed by atoms with Crippen molar-refractivity contribution in [1.82, 2.24) is 0 Å². The molecule has 0 aliphatic carbocycles. The van der Waals surface area contributed by atoms with Crippen LogP contribution in [-0.4, -0.2) is 5.91 Å². The summed E-state index contributed by atoms with van der Waals surface area (Å²) in [4.78, 5) is 12.9. The molecule has 2 aromatic rings. The lowest BCUT2D eigenvalue weighted by atomic mass is 10.1. The second-order valence-corrected chi connectivity index (χ2v) is 5.72. The van der Waals surface area contributed by atoms with Crippen LogP contribution in [0.2, 0.25) is 0 Å². The van der Waals surface area contributed by atoms with E-state index in [1.54, 1.807) is 18.2 Å². The predicted octanol–water partition coefficient (Wildman–Crippen LogP) is 4.20. The fourth-order valence-corrected chi connectivity index (χ4v) is 2.96. The Bertz CT molecular complexity index is 658. The number of nitrogens with one attached hydrogen (secondary N) is 1. The molecule has 1 amide bonds. The Kier molecular flexibility index (Phi) is 4.35. The second-order valence-electron chi connectivity index (χ2n) is 3.88. The van der Waals surface area contributed by atoms with E-state index in [9.17, 15) is 4.79 Å². The van der Waals surface area contributed by atoms with Crippen LogP contribution < -0.4 is 5.32 Å². The number of carbonyl (C=O) groups excluding carboxylic acids is 1. The molecule has 1 aromatic heterocycles. The van der Waals surface area contributed by atoms with Crippen molar-refractivity contribution >= 4 is 38.9 Å². The van der Waals surface area contributed by atoms with Gasteiger partial charge in [0.25, 0.3) is 5.91 Å². The van der Waals surface area contributed by atoms with Crippen molar-refractivity contribution < 1.29 is 4.79 Å². The Balaban J connectivity index is 2.29. The van der Waals surface area contributed by atoms with Gasteiger partial charge in [-0.25, -0.2) is 0 Å². The molecular weight excluding hydrogens is 324 g/mol. The summed E-state index contributed by atoms with van der Waals surface area (Å²) in [5.74, 6) is -0.165. The highest BCUT2D eigenvalue weighted by molar-refractivity contribution is 9.10. The van der Waals surface area contributed by atoms with E-state index in [2.05, 4.69) is 27.3 Å². The highest BCUT2D eigenvalue weighted by atomic mass is 79.9. The van der Waals surface area contributed by atoms with Crippen molar-refractivity contribution in [2.24, 2.45) is 0 Å². The molecule has 0 bridgehead atoms. The fraction of sp³-hybridized carbons (Fsp3) is 0.143. The summed E-state index contributed by atoms with van der Waals surface area (Å²) in [7, 11) is 0. The molecule has 1 aromatic carbocycles. The van der Waals surface area contributed by atoms with Crippen LogP contribution in [0, 0.1) is 11.3 Å². The van der Waals surface area contributed by atoms with E-state index in [4.69, 9.17) is 5.26 Å². The first-order valence-electron chi connectivity index (χ1n) is 5.73. The molecule has 0 saturated heterocycles. The number of halogens is 1. The number of rotatable bonds is 3. The van der Waals surface area contributed by atoms with E-state index >= 15 is 0 Å². The summed E-state index contributed by atoms with van der Waals surface area (Å²) >= 11 is 4.75. The lowest BCUT2D eigenvalue weighted by Gasteiger charge is -2.07. The Morgan fingerprint density at radius 2 is 2.26 bits per heavy atom. The molecule has 0 atom stereocenters. The van der Waals surface area contributed by atoms with Crippen LogP contribution in [0.25, 0.3) is 0 Å². The smallest absolute Gasteiger partial charge is 0.266 e. The summed E-state index contributed by atoms with van der Waals surface area (Å²) in [5, 5.41) is 13.7. The first-order valence-corrected chi connectivity index (χ1v) is 7.40. The Hall–Kier alpha value is -1.64. The van der Waals surface area contributed by atoms with Gasteiger partial charge in [-0.2, -0.15) is 5.26 Å². The normalized spacial score (nSPS) is 9.95. The molecule has 0 aliphatic heterocycles. The number of hydrogen-bond donors (Lipinski definition) is 1. The van der Waals surface area contributed by atoms with Gasteiger partial charge in [0.05, 0.1) is 16.1 Å². The minimum Gasteiger partial charge on any atom is -0.320 e. The average molecular weight is 335 g/mol. The fourth-order valence-electron chi connectivity index (χ4n) is 1.71. The molecule has 2 rings (SSSR count). The number of carbonyl (C=O) groups is 1. The molecule has 1 heterocycles. The second kappa shape index (κ2) is 6.00. The van der Waals surface area contributed by atoms with Gasteiger partial charge in [0.15, 0.2) is 0 Å². The van der Waals surface area contributed by atoms with E-state index in [1.807, 2.05) is 18.4 Å². The topological polar surface area (TPSA) is 52.9 Å². The summed E-state index contributed by atoms with van der Waals surface area (Å²) < 4.78 is 0.823. The molecule has 19 heavy (non-hydrogen) atoms. The molecule has 0 saturated carbocycles. The van der Waals surface area contributed by atoms with Crippen LogP contribution in [0.1, 0.15) is 27.7 Å². The summed E-state index contributed by atoms with van der Waals surface area (Å²) in [6.07, 6.45) is 0.815. The Morgan fingerprint density at radius 1 is 1.47 bits per heavy atom. The van der Waals surface area contributed by atoms with Crippen LogP contribution >= 0.6 is 27.3 Å². The first kappa shape index (κ1) is 13.8. The van der Waals surface area contributed by atoms with Crippen molar-refractivity contribution in [3.05, 3.63) is 50.1 Å². The highest BCUT2D eigenvalue weighted by Crippen LogP contribution is 2.23. The molecule has 5 heteroatoms. The summed E-state index contributed by atoms with van der Waals surface area (Å²) in [6.45, 7) is 2.01. The third-order valence-electron chi connectivity index (χ3n) is 2.68. The first-order chi connectivity index (χ1) is 9.15. The maximum absolute atomic E-state index is 12.2. The molecular formula is C14H11BrN2OS. The third-order valence-corrected chi connectivity index (χ3v) is 4.13. The molecule has 0 radical (unpaired) electrons. The van der Waals surface area contributed by atoms with Gasteiger partial charge in [0.2, 0.25) is 0 Å². The van der Waals surface area contributed by atoms with Crippen LogP contribution in [0.3, 0.4) is 0 Å². The van der Waals surface area contributed by atoms with Crippen LogP contribution in [0.15, 0.2) is 34.1 Å². The van der Waals surface area contributed by atoms with Crippen LogP contribution in [0.5, 0.6) is 0 Å². The van der Waals surface area contributed by atoms with Gasteiger partial charge in [-0.1, -0.05) is 22.9 Å². The zero-order valence-electron chi connectivity index (χ0n) is 10.2. The number of nitriles is 1. The molecule has 1 N–H and O–H groups in total. The van der Waals surface area contributed by atoms with E-state index < -0.39 is 0 Å². The average Bonchev–Trinajstić information content (AvgIpc) is 2.87. The van der Waals surface area contributed by atoms with E-state index in [-0.39, 0.29) is 5.91 Å². The van der Waals surface area contributed by atoms with Crippen LogP contribution in [-0.2, 0) is 6.42 Å². The number of thiophene rings is 1. The lowest BCUT2D eigenvalue weighted by molar-refractivity contribution is 0.103. The van der Waals surface area contributed by atoms with Gasteiger partial charge in [-0.3, -0.25) is 4.79 Å². The van der Waals surface area contributed by atoms with Gasteiger partial charge < -0.3 is 5.32 Å². The molecule has 0 aliphatic rings. The minimum absolute atomic E-state index is 0.165. The van der Waals surface area contributed by atoms with Crippen molar-refractivity contribution in [1.29, 1.82) is 5.26 Å². The van der Waals surface area contributed by atoms with E-state index in [0.29, 0.717) is 16.1 Å². The lowest BCUT2D eigenvalue weighted by Crippen LogP contribution is -2.13. The zero-order chi connectivity index (χ0) is 13.8. The number of nitrogens with zero attached hydrogens (tertiary/aromatic N) is 1. The number of aryl methyl sites for hydroxylation is 1. The number of anilines is 1. The number of amides is 1. The maximum Gasteiger partial charge on any atom is 0.266 e. The number of benzene rings is 1. The van der Waals surface area contributed by atoms with Crippen molar-refractivity contribution in [2.45, 2.75) is 13.3 Å². The van der Waals surface area contributed by atoms with Gasteiger partial charge in [0, 0.05) is 4.47 Å². The summed E-state index contributed by atoms with van der Waals surface area (Å²) in [5.41, 5.74) is 2.00. The van der Waals surface area contributed by atoms with Gasteiger partial charge >= 0.3 is 0 Å². The van der Waals surface area contributed by atoms with Crippen molar-refractivity contribution in [3.8, 4) is 6.07 Å². The SMILES string of the molecule is CCc1ccsc1C(=O)Nc1cc(Br)ccc1C#N. The standard InChI is InChI=1S/C14H11BrN2OS/c1-2-9-5-6-19-13(9)14(18)17-12-7-11(15)4-3-10(12)8-16/h3-7H,2H2,1H3,(H,17,18). The van der Waals surface area contributed by atoms with E-state index in [1.165, 1.54) is 11.3 Å². The Morgan fingerprint density at radius 3 is 2.95 bits per heavy atom. The third kappa shape index (κ3) is 3.03. The van der Waals surface area contributed by atoms with Crippen molar-refractivity contribution in [3.63, 3.8) is 0 Å². The largest absolute Gasteiger partial charge is 0.320 e. The molecule has 96 valence electrons. The molecule has 0 unspecified atom stereocenters. The van der Waals surface area contributed by atoms with Crippen molar-refractivity contribution in [2.75, 3.05) is 5.32 Å². The van der Waals surface area contributed by atoms with Gasteiger partial charge in [-0.15, -0.1) is 11.3 Å². The molecule has 3 nitrogen and oxygen atoms in total. The maximum atomic E-state index is 12.2. The quantitative estimate of drug-likeness (QED) is 0.914. The van der Waals surface area contributed by atoms with E-state index in [0.717, 1.165) is 16.5 Å². The highest BCUT2D eigenvalue weighted by Gasteiger charge is 2.14. The zero-order valence-corrected chi connectivity index (χ0v) is 12.6. The van der Waals surface area contributed by atoms with Gasteiger partial charge in [0.1, 0.15) is 6.07 Å². The van der Waals surface area contributed by atoms with Gasteiger partial charge in [-0.05, 0) is 41.6 Å². The minimum atomic E-state index is -0.165. The predicted molar refractivity (Wildman–Crippen MR) is 80.5 cm³/mol.